The number of nitrogens with zero attached hydrogens (tertiary/aromatic N) is 1. The fourth-order valence-corrected chi connectivity index (χ4v) is 2.36. The molecule has 6 heteroatoms. The van der Waals surface area contributed by atoms with Gasteiger partial charge >= 0.3 is 0 Å². The molecule has 4 N–H and O–H groups in total. The third kappa shape index (κ3) is 3.02. The quantitative estimate of drug-likeness (QED) is 0.556. The number of carbonyl (C=O) groups excluding carboxylic acids is 1. The summed E-state index contributed by atoms with van der Waals surface area (Å²) < 4.78 is 5.21. The molecule has 1 heterocycles. The molecule has 0 saturated carbocycles. The Balaban J connectivity index is 2.10. The van der Waals surface area contributed by atoms with Gasteiger partial charge in [-0.1, -0.05) is 6.07 Å². The zero-order valence-electron chi connectivity index (χ0n) is 11.5. The summed E-state index contributed by atoms with van der Waals surface area (Å²) in [6.07, 6.45) is 0.987. The number of aromatic hydroxyl groups is 1. The van der Waals surface area contributed by atoms with Crippen molar-refractivity contribution in [1.29, 1.82) is 0 Å². The van der Waals surface area contributed by atoms with Crippen LogP contribution in [-0.4, -0.2) is 53.4 Å². The minimum absolute atomic E-state index is 0.142. The molecule has 1 aromatic carbocycles. The Kier molecular flexibility index (Phi) is 4.15. The molecule has 0 unspecified atom stereocenters. The van der Waals surface area contributed by atoms with Gasteiger partial charge in [0, 0.05) is 39.6 Å². The number of benzene rings is 1. The van der Waals surface area contributed by atoms with Crippen molar-refractivity contribution in [3.8, 4) is 5.75 Å². The highest BCUT2D eigenvalue weighted by atomic mass is 16.5. The van der Waals surface area contributed by atoms with Crippen LogP contribution in [0.5, 0.6) is 5.75 Å². The number of aliphatic hydroxyl groups is 1. The van der Waals surface area contributed by atoms with Crippen LogP contribution in [0.15, 0.2) is 18.2 Å². The first-order chi connectivity index (χ1) is 9.43. The van der Waals surface area contributed by atoms with Gasteiger partial charge in [0.25, 0.3) is 5.91 Å². The van der Waals surface area contributed by atoms with Gasteiger partial charge in [-0.05, 0) is 12.1 Å². The van der Waals surface area contributed by atoms with Crippen LogP contribution >= 0.6 is 0 Å². The summed E-state index contributed by atoms with van der Waals surface area (Å²) in [6.45, 7) is 1.17. The number of phenolic OH excluding ortho intramolecular Hbond substituents is 1. The molecule has 1 saturated heterocycles. The van der Waals surface area contributed by atoms with Crippen LogP contribution in [0.4, 0.5) is 5.69 Å². The van der Waals surface area contributed by atoms with Crippen molar-refractivity contribution in [1.82, 2.24) is 4.90 Å². The number of hydrogen-bond acceptors (Lipinski definition) is 5. The van der Waals surface area contributed by atoms with E-state index < -0.39 is 5.60 Å². The fraction of sp³-hybridized carbons (Fsp3) is 0.500. The first kappa shape index (κ1) is 14.6. The number of phenols is 1. The molecule has 2 rings (SSSR count). The highest BCUT2D eigenvalue weighted by Crippen LogP contribution is 2.27. The molecule has 1 amide bonds. The van der Waals surface area contributed by atoms with E-state index in [-0.39, 0.29) is 29.5 Å². The van der Waals surface area contributed by atoms with Crippen molar-refractivity contribution in [3.63, 3.8) is 0 Å². The third-order valence-corrected chi connectivity index (χ3v) is 3.60. The van der Waals surface area contributed by atoms with Crippen LogP contribution in [-0.2, 0) is 4.74 Å². The first-order valence-corrected chi connectivity index (χ1v) is 6.56. The third-order valence-electron chi connectivity index (χ3n) is 3.60. The number of nitrogens with two attached hydrogens (primary N) is 1. The summed E-state index contributed by atoms with van der Waals surface area (Å²) in [5.74, 6) is -0.585. The minimum atomic E-state index is -0.932. The van der Waals surface area contributed by atoms with E-state index >= 15 is 0 Å². The van der Waals surface area contributed by atoms with Crippen molar-refractivity contribution < 1.29 is 19.7 Å². The Labute approximate surface area is 117 Å². The molecular weight excluding hydrogens is 260 g/mol. The van der Waals surface area contributed by atoms with Gasteiger partial charge in [-0.25, -0.2) is 0 Å². The molecule has 0 spiro atoms. The van der Waals surface area contributed by atoms with E-state index in [0.717, 1.165) is 0 Å². The number of ether oxygens (including phenoxy) is 1. The van der Waals surface area contributed by atoms with Crippen LogP contribution in [0, 0.1) is 0 Å². The average molecular weight is 280 g/mol. The number of anilines is 1. The first-order valence-electron chi connectivity index (χ1n) is 6.56. The molecule has 0 aliphatic carbocycles. The predicted molar refractivity (Wildman–Crippen MR) is 74.5 cm³/mol. The van der Waals surface area contributed by atoms with Crippen LogP contribution < -0.4 is 5.73 Å². The maximum absolute atomic E-state index is 12.3. The lowest BCUT2D eigenvalue weighted by Crippen LogP contribution is -2.47. The lowest BCUT2D eigenvalue weighted by molar-refractivity contribution is -0.0734. The Morgan fingerprint density at radius 2 is 2.10 bits per heavy atom. The van der Waals surface area contributed by atoms with Gasteiger partial charge < -0.3 is 25.6 Å². The molecule has 6 nitrogen and oxygen atoms in total. The molecular formula is C14H20N2O4. The molecule has 0 aromatic heterocycles. The second-order valence-corrected chi connectivity index (χ2v) is 5.24. The summed E-state index contributed by atoms with van der Waals surface area (Å²) in [7, 11) is 1.60. The van der Waals surface area contributed by atoms with Crippen LogP contribution in [0.1, 0.15) is 23.2 Å². The summed E-state index contributed by atoms with van der Waals surface area (Å²) in [5.41, 5.74) is 4.95. The van der Waals surface area contributed by atoms with Crippen LogP contribution in [0.2, 0.25) is 0 Å². The molecule has 1 aliphatic rings. The Morgan fingerprint density at radius 1 is 1.45 bits per heavy atom. The van der Waals surface area contributed by atoms with Crippen molar-refractivity contribution in [2.24, 2.45) is 0 Å². The van der Waals surface area contributed by atoms with E-state index in [9.17, 15) is 15.0 Å². The molecule has 1 aromatic rings. The van der Waals surface area contributed by atoms with Crippen molar-refractivity contribution in [2.75, 3.05) is 32.5 Å². The highest BCUT2D eigenvalue weighted by molar-refractivity contribution is 5.98. The second-order valence-electron chi connectivity index (χ2n) is 5.24. The molecule has 0 bridgehead atoms. The average Bonchev–Trinajstić information content (AvgIpc) is 2.41. The van der Waals surface area contributed by atoms with Crippen molar-refractivity contribution >= 4 is 11.6 Å². The lowest BCUT2D eigenvalue weighted by atomic mass is 9.93. The Bertz CT molecular complexity index is 498. The molecule has 1 aliphatic heterocycles. The molecule has 110 valence electrons. The Morgan fingerprint density at radius 3 is 2.75 bits per heavy atom. The number of rotatable bonds is 3. The largest absolute Gasteiger partial charge is 0.505 e. The Hall–Kier alpha value is -1.79. The van der Waals surface area contributed by atoms with Gasteiger partial charge in [-0.2, -0.15) is 0 Å². The van der Waals surface area contributed by atoms with E-state index in [1.807, 2.05) is 0 Å². The predicted octanol–water partition coefficient (Wildman–Crippen LogP) is 0.588. The maximum atomic E-state index is 12.3. The molecule has 0 radical (unpaired) electrons. The highest BCUT2D eigenvalue weighted by Gasteiger charge is 2.33. The van der Waals surface area contributed by atoms with E-state index in [2.05, 4.69) is 0 Å². The number of para-hydroxylation sites is 1. The number of hydrogen-bond donors (Lipinski definition) is 3. The van der Waals surface area contributed by atoms with Gasteiger partial charge in [-0.3, -0.25) is 4.79 Å². The minimum Gasteiger partial charge on any atom is -0.505 e. The monoisotopic (exact) mass is 280 g/mol. The summed E-state index contributed by atoms with van der Waals surface area (Å²) in [5, 5.41) is 20.2. The van der Waals surface area contributed by atoms with Crippen molar-refractivity contribution in [3.05, 3.63) is 23.8 Å². The zero-order chi connectivity index (χ0) is 14.8. The van der Waals surface area contributed by atoms with Gasteiger partial charge in [0.05, 0.1) is 16.9 Å². The second kappa shape index (κ2) is 5.68. The van der Waals surface area contributed by atoms with Gasteiger partial charge in [0.2, 0.25) is 0 Å². The van der Waals surface area contributed by atoms with Gasteiger partial charge in [0.15, 0.2) is 5.75 Å². The normalized spacial score (nSPS) is 17.7. The summed E-state index contributed by atoms with van der Waals surface area (Å²) >= 11 is 0. The van der Waals surface area contributed by atoms with E-state index in [4.69, 9.17) is 10.5 Å². The molecule has 1 fully saturated rings. The van der Waals surface area contributed by atoms with Crippen LogP contribution in [0.25, 0.3) is 0 Å². The van der Waals surface area contributed by atoms with Crippen molar-refractivity contribution in [2.45, 2.75) is 18.4 Å². The number of carbonyl (C=O) groups is 1. The number of likely N-dealkylation sites (N-methyl/N-ethyl adjacent to an activating group) is 1. The molecule has 0 atom stereocenters. The zero-order valence-corrected chi connectivity index (χ0v) is 11.5. The SMILES string of the molecule is CN(CC1(O)CCOCC1)C(=O)c1cccc(N)c1O. The van der Waals surface area contributed by atoms with E-state index in [1.54, 1.807) is 13.1 Å². The molecule has 20 heavy (non-hydrogen) atoms. The fourth-order valence-electron chi connectivity index (χ4n) is 2.36. The number of amides is 1. The number of nitrogen functional groups attached to an aromatic ring is 1. The summed E-state index contributed by atoms with van der Waals surface area (Å²) in [4.78, 5) is 13.7. The lowest BCUT2D eigenvalue weighted by Gasteiger charge is -2.35. The summed E-state index contributed by atoms with van der Waals surface area (Å²) in [6, 6.07) is 4.65. The van der Waals surface area contributed by atoms with Gasteiger partial charge in [0.1, 0.15) is 0 Å². The maximum Gasteiger partial charge on any atom is 0.257 e. The van der Waals surface area contributed by atoms with E-state index in [1.165, 1.54) is 17.0 Å². The smallest absolute Gasteiger partial charge is 0.257 e. The standard InChI is InChI=1S/C14H20N2O4/c1-16(9-14(19)5-7-20-8-6-14)13(18)10-3-2-4-11(15)12(10)17/h2-4,17,19H,5-9,15H2,1H3. The van der Waals surface area contributed by atoms with Gasteiger partial charge in [-0.15, -0.1) is 0 Å². The van der Waals surface area contributed by atoms with Crippen LogP contribution in [0.3, 0.4) is 0 Å². The van der Waals surface area contributed by atoms with E-state index in [0.29, 0.717) is 26.1 Å². The topological polar surface area (TPSA) is 96.0 Å².